The first kappa shape index (κ1) is 21.3. The van der Waals surface area contributed by atoms with Gasteiger partial charge in [-0.15, -0.1) is 0 Å². The van der Waals surface area contributed by atoms with Crippen molar-refractivity contribution in [3.63, 3.8) is 0 Å². The monoisotopic (exact) mass is 413 g/mol. The van der Waals surface area contributed by atoms with Gasteiger partial charge >= 0.3 is 0 Å². The lowest BCUT2D eigenvalue weighted by atomic mass is 9.51. The fraction of sp³-hybridized carbons (Fsp3) is 0.708. The van der Waals surface area contributed by atoms with Gasteiger partial charge in [-0.3, -0.25) is 14.6 Å². The highest BCUT2D eigenvalue weighted by Gasteiger charge is 2.54. The van der Waals surface area contributed by atoms with E-state index in [0.29, 0.717) is 11.7 Å². The van der Waals surface area contributed by atoms with Crippen molar-refractivity contribution < 1.29 is 14.7 Å². The van der Waals surface area contributed by atoms with Crippen molar-refractivity contribution in [2.24, 2.45) is 29.1 Å². The molecule has 3 saturated carbocycles. The molecule has 0 aromatic carbocycles. The number of fused-ring (bicyclic) bond motifs is 1. The van der Waals surface area contributed by atoms with Crippen LogP contribution in [0, 0.1) is 29.1 Å². The van der Waals surface area contributed by atoms with E-state index in [9.17, 15) is 14.7 Å². The van der Waals surface area contributed by atoms with Gasteiger partial charge in [0.1, 0.15) is 5.69 Å². The van der Waals surface area contributed by atoms with E-state index >= 15 is 0 Å². The Hall–Kier alpha value is -1.95. The smallest absolute Gasteiger partial charge is 0.270 e. The van der Waals surface area contributed by atoms with Crippen LogP contribution in [0.4, 0.5) is 0 Å². The van der Waals surface area contributed by atoms with Gasteiger partial charge in [-0.05, 0) is 73.8 Å². The summed E-state index contributed by atoms with van der Waals surface area (Å²) in [4.78, 5) is 29.5. The molecule has 6 heteroatoms. The summed E-state index contributed by atoms with van der Waals surface area (Å²) in [5, 5.41) is 17.7. The maximum atomic E-state index is 12.7. The van der Waals surface area contributed by atoms with Gasteiger partial charge in [-0.1, -0.05) is 26.8 Å². The lowest BCUT2D eigenvalue weighted by Gasteiger charge is -2.56. The molecule has 1 aromatic rings. The summed E-state index contributed by atoms with van der Waals surface area (Å²) in [6.07, 6.45) is 7.01. The highest BCUT2D eigenvalue weighted by atomic mass is 16.3. The summed E-state index contributed by atoms with van der Waals surface area (Å²) >= 11 is 0. The zero-order valence-corrected chi connectivity index (χ0v) is 18.3. The number of aliphatic hydroxyl groups is 1. The molecule has 0 bridgehead atoms. The van der Waals surface area contributed by atoms with Crippen LogP contribution < -0.4 is 10.6 Å². The van der Waals surface area contributed by atoms with Crippen LogP contribution >= 0.6 is 0 Å². The van der Waals surface area contributed by atoms with Crippen LogP contribution in [0.3, 0.4) is 0 Å². The number of amides is 2. The van der Waals surface area contributed by atoms with Crippen LogP contribution in [0.5, 0.6) is 0 Å². The molecular formula is C24H35N3O3. The number of hydrogen-bond acceptors (Lipinski definition) is 4. The van der Waals surface area contributed by atoms with Gasteiger partial charge in [0.2, 0.25) is 5.91 Å². The molecule has 0 spiro atoms. The average Bonchev–Trinajstić information content (AvgIpc) is 3.54. The normalized spacial score (nSPS) is 37.0. The molecule has 0 unspecified atom stereocenters. The molecule has 0 aliphatic heterocycles. The number of carbonyl (C=O) groups is 2. The fourth-order valence-corrected chi connectivity index (χ4v) is 5.99. The largest absolute Gasteiger partial charge is 0.392 e. The van der Waals surface area contributed by atoms with Crippen molar-refractivity contribution in [3.8, 4) is 0 Å². The molecule has 2 amide bonds. The van der Waals surface area contributed by atoms with E-state index < -0.39 is 6.10 Å². The van der Waals surface area contributed by atoms with Crippen LogP contribution in [0.2, 0.25) is 0 Å². The minimum atomic E-state index is -0.534. The standard InChI is InChI=1S/C24H35N3O3/c1-14(22(29)26-16-7-8-16)17-9-11-24(3)12-10-18(15(2)20(24)21(17)28)27-23(30)19-6-4-5-13-25-19/h4-6,13-18,20-21,28H,7-12H2,1-3H3,(H,26,29)(H,27,30)/t14-,15-,17+,18-,20+,21-,24+/m0/s1. The van der Waals surface area contributed by atoms with Crippen molar-refractivity contribution in [1.82, 2.24) is 15.6 Å². The molecule has 30 heavy (non-hydrogen) atoms. The molecule has 0 radical (unpaired) electrons. The second-order valence-corrected chi connectivity index (χ2v) is 10.1. The number of pyridine rings is 1. The van der Waals surface area contributed by atoms with Gasteiger partial charge in [0.25, 0.3) is 5.91 Å². The summed E-state index contributed by atoms with van der Waals surface area (Å²) in [5.74, 6) is -0.109. The number of nitrogens with zero attached hydrogens (tertiary/aromatic N) is 1. The van der Waals surface area contributed by atoms with Crippen LogP contribution in [0.15, 0.2) is 24.4 Å². The zero-order valence-electron chi connectivity index (χ0n) is 18.3. The molecule has 4 rings (SSSR count). The maximum absolute atomic E-state index is 12.7. The Morgan fingerprint density at radius 1 is 1.17 bits per heavy atom. The number of aromatic nitrogens is 1. The van der Waals surface area contributed by atoms with E-state index in [0.717, 1.165) is 38.5 Å². The average molecular weight is 414 g/mol. The molecule has 7 atom stereocenters. The molecule has 164 valence electrons. The molecule has 1 aromatic heterocycles. The molecule has 0 saturated heterocycles. The lowest BCUT2D eigenvalue weighted by molar-refractivity contribution is -0.142. The second-order valence-electron chi connectivity index (χ2n) is 10.1. The molecule has 3 aliphatic carbocycles. The number of aliphatic hydroxyl groups excluding tert-OH is 1. The van der Waals surface area contributed by atoms with Gasteiger partial charge in [0, 0.05) is 24.2 Å². The third-order valence-electron chi connectivity index (χ3n) is 8.08. The lowest BCUT2D eigenvalue weighted by Crippen LogP contribution is -2.58. The van der Waals surface area contributed by atoms with E-state index in [1.807, 2.05) is 13.0 Å². The minimum Gasteiger partial charge on any atom is -0.392 e. The maximum Gasteiger partial charge on any atom is 0.270 e. The molecule has 3 aliphatic rings. The number of carbonyl (C=O) groups excluding carboxylic acids is 2. The minimum absolute atomic E-state index is 0.00146. The first-order valence-electron chi connectivity index (χ1n) is 11.5. The predicted octanol–water partition coefficient (Wildman–Crippen LogP) is 2.92. The van der Waals surface area contributed by atoms with Crippen LogP contribution in [0.1, 0.15) is 69.8 Å². The Balaban J connectivity index is 1.46. The molecule has 1 heterocycles. The molecule has 6 nitrogen and oxygen atoms in total. The van der Waals surface area contributed by atoms with E-state index in [2.05, 4.69) is 29.5 Å². The number of hydrogen-bond donors (Lipinski definition) is 3. The number of nitrogens with one attached hydrogen (secondary N) is 2. The zero-order chi connectivity index (χ0) is 21.5. The number of rotatable bonds is 5. The second kappa shape index (κ2) is 8.29. The molecule has 3 fully saturated rings. The topological polar surface area (TPSA) is 91.3 Å². The Kier molecular flexibility index (Phi) is 5.88. The van der Waals surface area contributed by atoms with Crippen molar-refractivity contribution in [2.75, 3.05) is 0 Å². The van der Waals surface area contributed by atoms with Gasteiger partial charge in [0.05, 0.1) is 6.10 Å². The first-order chi connectivity index (χ1) is 14.3. The van der Waals surface area contributed by atoms with Crippen molar-refractivity contribution >= 4 is 11.8 Å². The van der Waals surface area contributed by atoms with Gasteiger partial charge in [-0.2, -0.15) is 0 Å². The Bertz CT molecular complexity index is 781. The summed E-state index contributed by atoms with van der Waals surface area (Å²) in [6, 6.07) is 5.67. The third kappa shape index (κ3) is 4.11. The van der Waals surface area contributed by atoms with Crippen molar-refractivity contribution in [1.29, 1.82) is 0 Å². The molecular weight excluding hydrogens is 378 g/mol. The Morgan fingerprint density at radius 2 is 1.90 bits per heavy atom. The van der Waals surface area contributed by atoms with Crippen LogP contribution in [-0.4, -0.2) is 40.1 Å². The SMILES string of the molecule is C[C@@H]1[C@@H]2[C@@H](O)[C@@H]([C@H](C)C(=O)NC3CC3)CC[C@]2(C)CC[C@@H]1NC(=O)c1ccccn1. The predicted molar refractivity (Wildman–Crippen MR) is 115 cm³/mol. The summed E-state index contributed by atoms with van der Waals surface area (Å²) in [5.41, 5.74) is 0.472. The summed E-state index contributed by atoms with van der Waals surface area (Å²) in [7, 11) is 0. The summed E-state index contributed by atoms with van der Waals surface area (Å²) < 4.78 is 0. The van der Waals surface area contributed by atoms with Crippen molar-refractivity contribution in [2.45, 2.75) is 77.5 Å². The van der Waals surface area contributed by atoms with Gasteiger partial charge in [-0.25, -0.2) is 0 Å². The highest BCUT2D eigenvalue weighted by Crippen LogP contribution is 2.55. The Morgan fingerprint density at radius 3 is 2.57 bits per heavy atom. The molecule has 3 N–H and O–H groups in total. The Labute approximate surface area is 179 Å². The first-order valence-corrected chi connectivity index (χ1v) is 11.5. The highest BCUT2D eigenvalue weighted by molar-refractivity contribution is 5.92. The van der Waals surface area contributed by atoms with Crippen LogP contribution in [0.25, 0.3) is 0 Å². The van der Waals surface area contributed by atoms with E-state index in [1.54, 1.807) is 18.3 Å². The van der Waals surface area contributed by atoms with Crippen LogP contribution in [-0.2, 0) is 4.79 Å². The summed E-state index contributed by atoms with van der Waals surface area (Å²) in [6.45, 7) is 6.38. The van der Waals surface area contributed by atoms with E-state index in [-0.39, 0.29) is 46.9 Å². The van der Waals surface area contributed by atoms with E-state index in [4.69, 9.17) is 0 Å². The van der Waals surface area contributed by atoms with Gasteiger partial charge < -0.3 is 15.7 Å². The third-order valence-corrected chi connectivity index (χ3v) is 8.08. The van der Waals surface area contributed by atoms with E-state index in [1.165, 1.54) is 0 Å². The van der Waals surface area contributed by atoms with Gasteiger partial charge in [0.15, 0.2) is 0 Å². The van der Waals surface area contributed by atoms with Crippen molar-refractivity contribution in [3.05, 3.63) is 30.1 Å². The quantitative estimate of drug-likeness (QED) is 0.692. The fourth-order valence-electron chi connectivity index (χ4n) is 5.99.